The molecule has 0 saturated carbocycles. The molecular weight excluding hydrogens is 84.5 g/mol. The standard InChI is InChI=1S/C3H9B3O/c1-2-3-7-6-5-4/h2-4H2,1H3. The van der Waals surface area contributed by atoms with E-state index in [4.69, 9.17) is 4.65 Å². The van der Waals surface area contributed by atoms with Gasteiger partial charge in [-0.15, -0.1) is 0 Å². The minimum atomic E-state index is 0.838. The molecular formula is C3H9B3O. The second-order valence-electron chi connectivity index (χ2n) is 1.34. The van der Waals surface area contributed by atoms with Crippen LogP contribution in [0.1, 0.15) is 13.3 Å². The molecule has 0 aliphatic rings. The zero-order valence-corrected chi connectivity index (χ0v) is 4.98. The van der Waals surface area contributed by atoms with Crippen LogP contribution in [-0.4, -0.2) is 28.0 Å². The summed E-state index contributed by atoms with van der Waals surface area (Å²) >= 11 is 0. The molecule has 0 fully saturated rings. The molecule has 0 aromatic rings. The van der Waals surface area contributed by atoms with Gasteiger partial charge in [0.2, 0.25) is 0 Å². The second kappa shape index (κ2) is 5.99. The van der Waals surface area contributed by atoms with Crippen molar-refractivity contribution in [3.8, 4) is 0 Å². The average molecular weight is 93.5 g/mol. The van der Waals surface area contributed by atoms with Crippen molar-refractivity contribution in [3.63, 3.8) is 0 Å². The minimum absolute atomic E-state index is 0.838. The molecule has 0 N–H and O–H groups in total. The third-order valence-corrected chi connectivity index (χ3v) is 0.554. The summed E-state index contributed by atoms with van der Waals surface area (Å²) in [5.74, 6) is 0. The Balaban J connectivity index is 2.69. The fourth-order valence-electron chi connectivity index (χ4n) is 0.282. The predicted molar refractivity (Wildman–Crippen MR) is 36.3 cm³/mol. The van der Waals surface area contributed by atoms with Gasteiger partial charge in [-0.1, -0.05) is 0 Å². The van der Waals surface area contributed by atoms with Crippen LogP contribution in [-0.2, 0) is 4.65 Å². The van der Waals surface area contributed by atoms with Gasteiger partial charge in [0, 0.05) is 0 Å². The van der Waals surface area contributed by atoms with Gasteiger partial charge >= 0.3 is 46.0 Å². The molecule has 0 radical (unpaired) electrons. The maximum absolute atomic E-state index is 4.95. The molecule has 0 amide bonds. The summed E-state index contributed by atoms with van der Waals surface area (Å²) in [6.07, 6.45) is 1.09. The van der Waals surface area contributed by atoms with Crippen LogP contribution in [0.4, 0.5) is 0 Å². The Labute approximate surface area is 47.0 Å². The van der Waals surface area contributed by atoms with Crippen LogP contribution >= 0.6 is 0 Å². The van der Waals surface area contributed by atoms with Gasteiger partial charge in [0.25, 0.3) is 0 Å². The molecule has 1 nitrogen and oxygen atoms in total. The normalized spacial score (nSPS) is 7.57. The SMILES string of the molecule is BB=BOCCC. The molecule has 0 unspecified atom stereocenters. The van der Waals surface area contributed by atoms with E-state index in [1.807, 2.05) is 14.4 Å². The summed E-state index contributed by atoms with van der Waals surface area (Å²) in [5, 5.41) is 0. The van der Waals surface area contributed by atoms with Gasteiger partial charge in [-0.2, -0.15) is 0 Å². The van der Waals surface area contributed by atoms with Gasteiger partial charge in [0.15, 0.2) is 0 Å². The maximum atomic E-state index is 4.95. The van der Waals surface area contributed by atoms with Gasteiger partial charge in [-0.3, -0.25) is 0 Å². The molecule has 0 heterocycles. The third kappa shape index (κ3) is 5.99. The quantitative estimate of drug-likeness (QED) is 0.328. The first-order valence-electron chi connectivity index (χ1n) is 2.64. The molecule has 0 aromatic heterocycles. The Hall–Kier alpha value is -0.00519. The monoisotopic (exact) mass is 94.1 g/mol. The van der Waals surface area contributed by atoms with Crippen molar-refractivity contribution < 1.29 is 4.65 Å². The molecule has 0 aliphatic heterocycles. The van der Waals surface area contributed by atoms with E-state index in [-0.39, 0.29) is 0 Å². The van der Waals surface area contributed by atoms with E-state index in [0.717, 1.165) is 13.0 Å². The van der Waals surface area contributed by atoms with E-state index in [2.05, 4.69) is 6.92 Å². The Morgan fingerprint density at radius 2 is 2.43 bits per heavy atom. The average Bonchev–Trinajstić information content (AvgIpc) is 1.69. The van der Waals surface area contributed by atoms with E-state index in [9.17, 15) is 0 Å². The van der Waals surface area contributed by atoms with Gasteiger partial charge in [-0.25, -0.2) is 0 Å². The summed E-state index contributed by atoms with van der Waals surface area (Å²) < 4.78 is 4.95. The fraction of sp³-hybridized carbons (Fsp3) is 1.00. The van der Waals surface area contributed by atoms with Crippen LogP contribution in [0.3, 0.4) is 0 Å². The second-order valence-corrected chi connectivity index (χ2v) is 1.34. The molecule has 0 atom stereocenters. The van der Waals surface area contributed by atoms with Gasteiger partial charge in [0.05, 0.1) is 0 Å². The molecule has 0 spiro atoms. The third-order valence-electron chi connectivity index (χ3n) is 0.554. The Morgan fingerprint density at radius 3 is 2.86 bits per heavy atom. The molecule has 7 heavy (non-hydrogen) atoms. The predicted octanol–water partition coefficient (Wildman–Crippen LogP) is -0.801. The number of rotatable bonds is 3. The summed E-state index contributed by atoms with van der Waals surface area (Å²) in [5.41, 5.74) is 0. The molecule has 0 saturated heterocycles. The first-order valence-corrected chi connectivity index (χ1v) is 2.64. The van der Waals surface area contributed by atoms with Crippen molar-refractivity contribution >= 4 is 21.4 Å². The first kappa shape index (κ1) is 6.99. The van der Waals surface area contributed by atoms with Crippen LogP contribution in [0.2, 0.25) is 0 Å². The Bertz CT molecular complexity index is 54.1. The van der Waals surface area contributed by atoms with E-state index < -0.39 is 0 Å². The van der Waals surface area contributed by atoms with Crippen LogP contribution in [0.15, 0.2) is 0 Å². The van der Waals surface area contributed by atoms with E-state index in [1.54, 1.807) is 7.00 Å². The first-order chi connectivity index (χ1) is 3.41. The molecule has 0 aliphatic carbocycles. The summed E-state index contributed by atoms with van der Waals surface area (Å²) in [6.45, 7) is 4.81. The molecule has 4 heteroatoms. The van der Waals surface area contributed by atoms with Crippen molar-refractivity contribution in [2.45, 2.75) is 13.3 Å². The Morgan fingerprint density at radius 1 is 1.71 bits per heavy atom. The molecule has 0 rings (SSSR count). The van der Waals surface area contributed by atoms with E-state index in [0.29, 0.717) is 0 Å². The van der Waals surface area contributed by atoms with Crippen molar-refractivity contribution in [2.75, 3.05) is 6.61 Å². The molecule has 0 bridgehead atoms. The van der Waals surface area contributed by atoms with Gasteiger partial charge in [-0.05, 0) is 0 Å². The summed E-state index contributed by atoms with van der Waals surface area (Å²) in [6, 6.07) is 0. The van der Waals surface area contributed by atoms with Crippen molar-refractivity contribution in [2.24, 2.45) is 0 Å². The zero-order valence-electron chi connectivity index (χ0n) is 4.98. The van der Waals surface area contributed by atoms with Gasteiger partial charge < -0.3 is 0 Å². The molecule has 0 aromatic carbocycles. The van der Waals surface area contributed by atoms with E-state index in [1.165, 1.54) is 0 Å². The van der Waals surface area contributed by atoms with Crippen LogP contribution in [0.25, 0.3) is 0 Å². The van der Waals surface area contributed by atoms with Crippen LogP contribution in [0.5, 0.6) is 0 Å². The summed E-state index contributed by atoms with van der Waals surface area (Å²) in [7, 11) is 3.65. The van der Waals surface area contributed by atoms with Crippen LogP contribution in [0, 0.1) is 0 Å². The topological polar surface area (TPSA) is 9.23 Å². The molecule has 36 valence electrons. The summed E-state index contributed by atoms with van der Waals surface area (Å²) in [4.78, 5) is 0. The zero-order chi connectivity index (χ0) is 5.54. The van der Waals surface area contributed by atoms with Crippen molar-refractivity contribution in [3.05, 3.63) is 0 Å². The van der Waals surface area contributed by atoms with E-state index >= 15 is 0 Å². The Kier molecular flexibility index (Phi) is 5.99. The number of hydrogen-bond acceptors (Lipinski definition) is 1. The number of hydrogen-bond donors (Lipinski definition) is 0. The van der Waals surface area contributed by atoms with Crippen LogP contribution < -0.4 is 0 Å². The van der Waals surface area contributed by atoms with Crippen molar-refractivity contribution in [1.82, 2.24) is 0 Å². The van der Waals surface area contributed by atoms with Gasteiger partial charge in [0.1, 0.15) is 0 Å². The van der Waals surface area contributed by atoms with Crippen molar-refractivity contribution in [1.29, 1.82) is 0 Å². The fourth-order valence-corrected chi connectivity index (χ4v) is 0.282.